The molecular weight excluding hydrogens is 256 g/mol. The Morgan fingerprint density at radius 1 is 1.45 bits per heavy atom. The predicted molar refractivity (Wildman–Crippen MR) is 76.8 cm³/mol. The van der Waals surface area contributed by atoms with Gasteiger partial charge in [-0.3, -0.25) is 4.79 Å². The summed E-state index contributed by atoms with van der Waals surface area (Å²) < 4.78 is 2.13. The first-order chi connectivity index (χ1) is 9.36. The number of carbonyl (C=O) groups is 1. The van der Waals surface area contributed by atoms with E-state index in [-0.39, 0.29) is 18.6 Å². The van der Waals surface area contributed by atoms with Crippen molar-refractivity contribution in [3.8, 4) is 0 Å². The van der Waals surface area contributed by atoms with Crippen LogP contribution in [0.1, 0.15) is 48.1 Å². The zero-order chi connectivity index (χ0) is 15.0. The highest BCUT2D eigenvalue weighted by Crippen LogP contribution is 2.25. The van der Waals surface area contributed by atoms with Crippen molar-refractivity contribution in [3.63, 3.8) is 0 Å². The second-order valence-electron chi connectivity index (χ2n) is 5.93. The van der Waals surface area contributed by atoms with E-state index >= 15 is 0 Å². The largest absolute Gasteiger partial charge is 0.394 e. The smallest absolute Gasteiger partial charge is 0.256 e. The van der Waals surface area contributed by atoms with Crippen LogP contribution in [0, 0.1) is 13.8 Å². The van der Waals surface area contributed by atoms with E-state index in [0.717, 1.165) is 11.4 Å². The van der Waals surface area contributed by atoms with Crippen molar-refractivity contribution in [3.05, 3.63) is 23.0 Å². The summed E-state index contributed by atoms with van der Waals surface area (Å²) in [6, 6.07) is 1.92. The summed E-state index contributed by atoms with van der Waals surface area (Å²) in [5.74, 6) is -0.0967. The Balaban J connectivity index is 2.32. The number of aliphatic hydroxyl groups is 2. The number of rotatable bonds is 3. The van der Waals surface area contributed by atoms with Crippen LogP contribution in [0.25, 0.3) is 0 Å². The molecule has 0 spiro atoms. The Hall–Kier alpha value is -1.33. The van der Waals surface area contributed by atoms with E-state index in [2.05, 4.69) is 18.4 Å². The predicted octanol–water partition coefficient (Wildman–Crippen LogP) is 1.25. The van der Waals surface area contributed by atoms with Gasteiger partial charge < -0.3 is 19.7 Å². The highest BCUT2D eigenvalue weighted by molar-refractivity contribution is 5.96. The number of aliphatic hydroxyl groups excluding tert-OH is 2. The molecule has 0 aromatic carbocycles. The van der Waals surface area contributed by atoms with Gasteiger partial charge in [0.25, 0.3) is 5.91 Å². The van der Waals surface area contributed by atoms with Gasteiger partial charge in [-0.1, -0.05) is 0 Å². The molecular formula is C15H24N2O3. The van der Waals surface area contributed by atoms with Crippen LogP contribution in [0.4, 0.5) is 0 Å². The number of amides is 1. The fourth-order valence-corrected chi connectivity index (χ4v) is 3.26. The van der Waals surface area contributed by atoms with Crippen molar-refractivity contribution in [2.24, 2.45) is 0 Å². The van der Waals surface area contributed by atoms with Crippen LogP contribution >= 0.6 is 0 Å². The molecule has 0 saturated carbocycles. The Morgan fingerprint density at radius 2 is 2.10 bits per heavy atom. The molecule has 1 aliphatic rings. The zero-order valence-corrected chi connectivity index (χ0v) is 12.6. The fraction of sp³-hybridized carbons (Fsp3) is 0.667. The SMILES string of the molecule is Cc1cc(C(=O)N2C[C@@H](O)C[C@@H]2CO)c(C)n1C(C)C. The summed E-state index contributed by atoms with van der Waals surface area (Å²) in [6.07, 6.45) is -0.0878. The quantitative estimate of drug-likeness (QED) is 0.876. The number of carbonyl (C=O) groups excluding carboxylic acids is 1. The van der Waals surface area contributed by atoms with Crippen molar-refractivity contribution in [1.82, 2.24) is 9.47 Å². The molecule has 2 N–H and O–H groups in total. The summed E-state index contributed by atoms with van der Waals surface area (Å²) in [5, 5.41) is 19.1. The summed E-state index contributed by atoms with van der Waals surface area (Å²) >= 11 is 0. The van der Waals surface area contributed by atoms with Gasteiger partial charge >= 0.3 is 0 Å². The molecule has 1 aromatic rings. The molecule has 5 nitrogen and oxygen atoms in total. The topological polar surface area (TPSA) is 65.7 Å². The molecule has 2 heterocycles. The second-order valence-corrected chi connectivity index (χ2v) is 5.93. The summed E-state index contributed by atoms with van der Waals surface area (Å²) in [4.78, 5) is 14.3. The van der Waals surface area contributed by atoms with Gasteiger partial charge in [-0.05, 0) is 40.2 Å². The second kappa shape index (κ2) is 5.58. The Bertz CT molecular complexity index is 507. The molecule has 1 aliphatic heterocycles. The van der Waals surface area contributed by atoms with Gasteiger partial charge in [-0.15, -0.1) is 0 Å². The van der Waals surface area contributed by atoms with E-state index in [1.807, 2.05) is 19.9 Å². The van der Waals surface area contributed by atoms with Crippen molar-refractivity contribution in [2.45, 2.75) is 52.3 Å². The van der Waals surface area contributed by atoms with E-state index in [4.69, 9.17) is 0 Å². The van der Waals surface area contributed by atoms with Crippen LogP contribution in [-0.4, -0.2) is 50.9 Å². The van der Waals surface area contributed by atoms with Gasteiger partial charge in [-0.2, -0.15) is 0 Å². The first-order valence-electron chi connectivity index (χ1n) is 7.15. The first kappa shape index (κ1) is 15.1. The van der Waals surface area contributed by atoms with Crippen LogP contribution in [0.2, 0.25) is 0 Å². The number of likely N-dealkylation sites (tertiary alicyclic amines) is 1. The van der Waals surface area contributed by atoms with Gasteiger partial charge in [0, 0.05) is 24.0 Å². The molecule has 112 valence electrons. The van der Waals surface area contributed by atoms with Crippen molar-refractivity contribution in [2.75, 3.05) is 13.2 Å². The summed E-state index contributed by atoms with van der Waals surface area (Å²) in [7, 11) is 0. The molecule has 2 rings (SSSR count). The molecule has 1 amide bonds. The third-order valence-corrected chi connectivity index (χ3v) is 4.10. The fourth-order valence-electron chi connectivity index (χ4n) is 3.26. The van der Waals surface area contributed by atoms with E-state index in [1.165, 1.54) is 0 Å². The Morgan fingerprint density at radius 3 is 2.60 bits per heavy atom. The first-order valence-corrected chi connectivity index (χ1v) is 7.15. The number of aromatic nitrogens is 1. The number of aryl methyl sites for hydroxylation is 1. The van der Waals surface area contributed by atoms with Crippen LogP contribution in [0.3, 0.4) is 0 Å². The number of nitrogens with zero attached hydrogens (tertiary/aromatic N) is 2. The lowest BCUT2D eigenvalue weighted by Gasteiger charge is -2.23. The lowest BCUT2D eigenvalue weighted by atomic mass is 10.2. The number of hydrogen-bond donors (Lipinski definition) is 2. The maximum atomic E-state index is 12.7. The molecule has 1 fully saturated rings. The minimum Gasteiger partial charge on any atom is -0.394 e. The van der Waals surface area contributed by atoms with Gasteiger partial charge in [0.2, 0.25) is 0 Å². The zero-order valence-electron chi connectivity index (χ0n) is 12.6. The van der Waals surface area contributed by atoms with E-state index in [0.29, 0.717) is 24.6 Å². The Kier molecular flexibility index (Phi) is 4.20. The molecule has 5 heteroatoms. The van der Waals surface area contributed by atoms with Crippen molar-refractivity contribution in [1.29, 1.82) is 0 Å². The van der Waals surface area contributed by atoms with E-state index < -0.39 is 6.10 Å². The number of β-amino-alcohol motifs (C(OH)–C–C–N with tert-alkyl or cyclic N) is 1. The lowest BCUT2D eigenvalue weighted by Crippen LogP contribution is -2.38. The van der Waals surface area contributed by atoms with E-state index in [1.54, 1.807) is 4.90 Å². The van der Waals surface area contributed by atoms with Crippen molar-refractivity contribution < 1.29 is 15.0 Å². The maximum Gasteiger partial charge on any atom is 0.256 e. The molecule has 1 aromatic heterocycles. The number of hydrogen-bond acceptors (Lipinski definition) is 3. The van der Waals surface area contributed by atoms with Gasteiger partial charge in [-0.25, -0.2) is 0 Å². The molecule has 0 unspecified atom stereocenters. The van der Waals surface area contributed by atoms with Crippen molar-refractivity contribution >= 4 is 5.91 Å². The molecule has 0 radical (unpaired) electrons. The summed E-state index contributed by atoms with van der Waals surface area (Å²) in [5.41, 5.74) is 2.67. The monoisotopic (exact) mass is 280 g/mol. The van der Waals surface area contributed by atoms with Crippen LogP contribution in [-0.2, 0) is 0 Å². The van der Waals surface area contributed by atoms with Crippen LogP contribution < -0.4 is 0 Å². The van der Waals surface area contributed by atoms with Crippen LogP contribution in [0.15, 0.2) is 6.07 Å². The highest BCUT2D eigenvalue weighted by Gasteiger charge is 2.35. The lowest BCUT2D eigenvalue weighted by molar-refractivity contribution is 0.0664. The van der Waals surface area contributed by atoms with E-state index in [9.17, 15) is 15.0 Å². The highest BCUT2D eigenvalue weighted by atomic mass is 16.3. The molecule has 0 aliphatic carbocycles. The minimum absolute atomic E-state index is 0.0967. The standard InChI is InChI=1S/C15H24N2O3/c1-9(2)17-10(3)5-14(11(17)4)15(20)16-7-13(19)6-12(16)8-18/h5,9,12-13,18-19H,6-8H2,1-4H3/t12-,13+/m1/s1. The molecule has 0 bridgehead atoms. The molecule has 20 heavy (non-hydrogen) atoms. The van der Waals surface area contributed by atoms with Gasteiger partial charge in [0.05, 0.1) is 24.3 Å². The minimum atomic E-state index is -0.537. The molecule has 2 atom stereocenters. The maximum absolute atomic E-state index is 12.7. The molecule has 1 saturated heterocycles. The Labute approximate surface area is 119 Å². The van der Waals surface area contributed by atoms with Crippen LogP contribution in [0.5, 0.6) is 0 Å². The normalized spacial score (nSPS) is 22.9. The summed E-state index contributed by atoms with van der Waals surface area (Å²) in [6.45, 7) is 8.31. The average molecular weight is 280 g/mol. The third-order valence-electron chi connectivity index (χ3n) is 4.10. The third kappa shape index (κ3) is 2.47. The van der Waals surface area contributed by atoms with Gasteiger partial charge in [0.1, 0.15) is 0 Å². The van der Waals surface area contributed by atoms with Gasteiger partial charge in [0.15, 0.2) is 0 Å². The average Bonchev–Trinajstić information content (AvgIpc) is 2.88.